The molecule has 0 amide bonds. The molecule has 1 aliphatic heterocycles. The van der Waals surface area contributed by atoms with Crippen LogP contribution < -0.4 is 4.74 Å². The van der Waals surface area contributed by atoms with Crippen LogP contribution >= 0.6 is 0 Å². The van der Waals surface area contributed by atoms with Crippen LogP contribution in [0.15, 0.2) is 36.4 Å². The molecule has 8 heteroatoms. The summed E-state index contributed by atoms with van der Waals surface area (Å²) in [4.78, 5) is 13.4. The van der Waals surface area contributed by atoms with Crippen LogP contribution in [0.5, 0.6) is 5.75 Å². The minimum absolute atomic E-state index is 0.0403. The van der Waals surface area contributed by atoms with Crippen molar-refractivity contribution in [2.45, 2.75) is 51.6 Å². The standard InChI is InChI=1S/C26H32FNO5S/c1-4-34(31,32)28-11-9-26(10-12-28)15-21(29)25(22(30)16-26)24-17(2)13-19(14-23(24)33-3)18-5-7-20(27)8-6-18/h5-8,13-14,21,25,29H,4,9-12,15-16H2,1-3H3. The molecule has 184 valence electrons. The molecule has 1 saturated carbocycles. The maximum Gasteiger partial charge on any atom is 0.213 e. The van der Waals surface area contributed by atoms with E-state index in [1.54, 1.807) is 19.1 Å². The van der Waals surface area contributed by atoms with E-state index in [1.165, 1.54) is 23.5 Å². The average Bonchev–Trinajstić information content (AvgIpc) is 2.80. The summed E-state index contributed by atoms with van der Waals surface area (Å²) in [6.45, 7) is 4.30. The summed E-state index contributed by atoms with van der Waals surface area (Å²) >= 11 is 0. The quantitative estimate of drug-likeness (QED) is 0.685. The predicted molar refractivity (Wildman–Crippen MR) is 129 cm³/mol. The number of carbonyl (C=O) groups excluding carboxylic acids is 1. The first kappa shape index (κ1) is 24.8. The van der Waals surface area contributed by atoms with Gasteiger partial charge in [-0.25, -0.2) is 17.1 Å². The molecule has 0 aromatic heterocycles. The molecule has 2 aromatic rings. The fraction of sp³-hybridized carbons (Fsp3) is 0.500. The molecule has 6 nitrogen and oxygen atoms in total. The molecule has 1 N–H and O–H groups in total. The highest BCUT2D eigenvalue weighted by molar-refractivity contribution is 7.89. The first-order chi connectivity index (χ1) is 16.1. The van der Waals surface area contributed by atoms with Gasteiger partial charge < -0.3 is 9.84 Å². The lowest BCUT2D eigenvalue weighted by molar-refractivity contribution is -0.132. The molecule has 1 aliphatic carbocycles. The summed E-state index contributed by atoms with van der Waals surface area (Å²) in [6.07, 6.45) is 1.03. The molecule has 2 aromatic carbocycles. The number of aliphatic hydroxyl groups excluding tert-OH is 1. The summed E-state index contributed by atoms with van der Waals surface area (Å²) < 4.78 is 44.9. The molecule has 2 unspecified atom stereocenters. The van der Waals surface area contributed by atoms with Crippen molar-refractivity contribution in [3.8, 4) is 16.9 Å². The zero-order valence-corrected chi connectivity index (χ0v) is 20.7. The Morgan fingerprint density at radius 1 is 1.15 bits per heavy atom. The van der Waals surface area contributed by atoms with Crippen molar-refractivity contribution in [1.29, 1.82) is 0 Å². The van der Waals surface area contributed by atoms with Crippen molar-refractivity contribution in [3.05, 3.63) is 53.3 Å². The van der Waals surface area contributed by atoms with Gasteiger partial charge in [0.2, 0.25) is 10.0 Å². The van der Waals surface area contributed by atoms with Crippen LogP contribution in [0.25, 0.3) is 11.1 Å². The van der Waals surface area contributed by atoms with E-state index in [2.05, 4.69) is 0 Å². The van der Waals surface area contributed by atoms with Crippen LogP contribution in [0.3, 0.4) is 0 Å². The number of ether oxygens (including phenoxy) is 1. The van der Waals surface area contributed by atoms with Gasteiger partial charge in [-0.15, -0.1) is 0 Å². The third-order valence-corrected chi connectivity index (χ3v) is 9.40. The van der Waals surface area contributed by atoms with Gasteiger partial charge in [-0.1, -0.05) is 18.2 Å². The SMILES string of the molecule is CCS(=O)(=O)N1CCC2(CC1)CC(=O)C(c1c(C)cc(-c3ccc(F)cc3)cc1OC)C(O)C2. The number of rotatable bonds is 5. The summed E-state index contributed by atoms with van der Waals surface area (Å²) in [5.41, 5.74) is 2.82. The molecular formula is C26H32FNO5S. The lowest BCUT2D eigenvalue weighted by Gasteiger charge is -2.46. The van der Waals surface area contributed by atoms with Crippen LogP contribution in [0.1, 0.15) is 49.7 Å². The number of nitrogens with zero attached hydrogens (tertiary/aromatic N) is 1. The van der Waals surface area contributed by atoms with Crippen LogP contribution in [0.4, 0.5) is 4.39 Å². The maximum absolute atomic E-state index is 13.4. The molecular weight excluding hydrogens is 457 g/mol. The van der Waals surface area contributed by atoms with Gasteiger partial charge in [-0.2, -0.15) is 0 Å². The van der Waals surface area contributed by atoms with Gasteiger partial charge in [-0.05, 0) is 73.4 Å². The van der Waals surface area contributed by atoms with Crippen LogP contribution in [0, 0.1) is 18.2 Å². The Balaban J connectivity index is 1.59. The first-order valence-electron chi connectivity index (χ1n) is 11.7. The molecule has 2 atom stereocenters. The van der Waals surface area contributed by atoms with E-state index in [0.717, 1.165) is 16.7 Å². The normalized spacial score (nSPS) is 23.3. The van der Waals surface area contributed by atoms with Crippen molar-refractivity contribution < 1.29 is 27.4 Å². The van der Waals surface area contributed by atoms with E-state index in [0.29, 0.717) is 50.1 Å². The number of piperidine rings is 1. The van der Waals surface area contributed by atoms with Crippen molar-refractivity contribution in [1.82, 2.24) is 4.31 Å². The molecule has 1 heterocycles. The van der Waals surface area contributed by atoms with Gasteiger partial charge in [0.05, 0.1) is 24.9 Å². The maximum atomic E-state index is 13.4. The van der Waals surface area contributed by atoms with E-state index >= 15 is 0 Å². The molecule has 2 fully saturated rings. The Bertz CT molecular complexity index is 1170. The minimum Gasteiger partial charge on any atom is -0.496 e. The van der Waals surface area contributed by atoms with Gasteiger partial charge in [-0.3, -0.25) is 4.79 Å². The largest absolute Gasteiger partial charge is 0.496 e. The zero-order valence-electron chi connectivity index (χ0n) is 19.9. The third kappa shape index (κ3) is 4.63. The van der Waals surface area contributed by atoms with Gasteiger partial charge in [0, 0.05) is 25.1 Å². The Hall–Kier alpha value is -2.29. The van der Waals surface area contributed by atoms with Crippen molar-refractivity contribution in [2.24, 2.45) is 5.41 Å². The number of aliphatic hydroxyl groups is 1. The summed E-state index contributed by atoms with van der Waals surface area (Å²) in [7, 11) is -1.71. The number of hydrogen-bond donors (Lipinski definition) is 1. The number of halogens is 1. The number of hydrogen-bond acceptors (Lipinski definition) is 5. The van der Waals surface area contributed by atoms with Crippen LogP contribution in [-0.2, 0) is 14.8 Å². The molecule has 1 saturated heterocycles. The molecule has 4 rings (SSSR count). The number of carbonyl (C=O) groups is 1. The van der Waals surface area contributed by atoms with E-state index in [1.807, 2.05) is 19.1 Å². The highest BCUT2D eigenvalue weighted by atomic mass is 32.2. The van der Waals surface area contributed by atoms with Crippen LogP contribution in [-0.4, -0.2) is 55.7 Å². The summed E-state index contributed by atoms with van der Waals surface area (Å²) in [5.74, 6) is -0.457. The molecule has 34 heavy (non-hydrogen) atoms. The second kappa shape index (κ2) is 9.40. The molecule has 2 aliphatic rings. The monoisotopic (exact) mass is 489 g/mol. The number of ketones is 1. The predicted octanol–water partition coefficient (Wildman–Crippen LogP) is 4.05. The second-order valence-electron chi connectivity index (χ2n) is 9.61. The van der Waals surface area contributed by atoms with E-state index in [9.17, 15) is 22.7 Å². The average molecular weight is 490 g/mol. The van der Waals surface area contributed by atoms with Crippen molar-refractivity contribution in [3.63, 3.8) is 0 Å². The van der Waals surface area contributed by atoms with Gasteiger partial charge in [0.25, 0.3) is 0 Å². The third-order valence-electron chi connectivity index (χ3n) is 7.52. The second-order valence-corrected chi connectivity index (χ2v) is 11.9. The molecule has 1 spiro atoms. The zero-order chi connectivity index (χ0) is 24.7. The summed E-state index contributed by atoms with van der Waals surface area (Å²) in [6, 6.07) is 9.95. The van der Waals surface area contributed by atoms with E-state index in [4.69, 9.17) is 4.74 Å². The Kier molecular flexibility index (Phi) is 6.86. The minimum atomic E-state index is -3.25. The van der Waals surface area contributed by atoms with E-state index < -0.39 is 22.0 Å². The summed E-state index contributed by atoms with van der Waals surface area (Å²) in [5, 5.41) is 11.2. The number of aryl methyl sites for hydroxylation is 1. The molecule has 0 radical (unpaired) electrons. The Morgan fingerprint density at radius 3 is 2.35 bits per heavy atom. The first-order valence-corrected chi connectivity index (χ1v) is 13.3. The van der Waals surface area contributed by atoms with E-state index in [-0.39, 0.29) is 22.8 Å². The highest BCUT2D eigenvalue weighted by Crippen LogP contribution is 2.50. The topological polar surface area (TPSA) is 83.9 Å². The lowest BCUT2D eigenvalue weighted by Crippen LogP contribution is -2.49. The highest BCUT2D eigenvalue weighted by Gasteiger charge is 2.48. The van der Waals surface area contributed by atoms with Crippen molar-refractivity contribution in [2.75, 3.05) is 26.0 Å². The lowest BCUT2D eigenvalue weighted by atomic mass is 9.62. The Morgan fingerprint density at radius 2 is 1.79 bits per heavy atom. The number of sulfonamides is 1. The fourth-order valence-electron chi connectivity index (χ4n) is 5.63. The van der Waals surface area contributed by atoms with Gasteiger partial charge in [0.15, 0.2) is 0 Å². The van der Waals surface area contributed by atoms with Crippen molar-refractivity contribution >= 4 is 15.8 Å². The van der Waals surface area contributed by atoms with Gasteiger partial charge in [0.1, 0.15) is 17.3 Å². The number of benzene rings is 2. The Labute approximate surface area is 200 Å². The number of methoxy groups -OCH3 is 1. The van der Waals surface area contributed by atoms with Gasteiger partial charge >= 0.3 is 0 Å². The fourth-order valence-corrected chi connectivity index (χ4v) is 6.73. The molecule has 0 bridgehead atoms. The van der Waals surface area contributed by atoms with Crippen LogP contribution in [0.2, 0.25) is 0 Å². The number of Topliss-reactive ketones (excluding diaryl/α,β-unsaturated/α-hetero) is 1. The smallest absolute Gasteiger partial charge is 0.213 e.